The van der Waals surface area contributed by atoms with Crippen molar-refractivity contribution in [1.29, 1.82) is 0 Å². The molecule has 1 rings (SSSR count). The number of hydrogen-bond donors (Lipinski definition) is 1. The largest absolute Gasteiger partial charge is 0.480 e. The average molecular weight is 203 g/mol. The van der Waals surface area contributed by atoms with Gasteiger partial charge in [-0.2, -0.15) is 0 Å². The number of hydrogen-bond acceptors (Lipinski definition) is 1. The monoisotopic (exact) mass is 202 g/mol. The summed E-state index contributed by atoms with van der Waals surface area (Å²) < 4.78 is 13.3. The Bertz CT molecular complexity index is 289. The van der Waals surface area contributed by atoms with E-state index in [0.29, 0.717) is 0 Å². The van der Waals surface area contributed by atoms with E-state index in [9.17, 15) is 9.18 Å². The molecule has 0 fully saturated rings. The SMILES string of the molecule is O=C(O)[C@@H](Cl)[C@H](F)c1ccccc1. The maximum Gasteiger partial charge on any atom is 0.325 e. The molecule has 0 saturated carbocycles. The number of alkyl halides is 2. The fourth-order valence-electron chi connectivity index (χ4n) is 0.931. The third kappa shape index (κ3) is 2.42. The predicted molar refractivity (Wildman–Crippen MR) is 47.6 cm³/mol. The molecule has 0 saturated heterocycles. The van der Waals surface area contributed by atoms with Crippen LogP contribution in [-0.4, -0.2) is 16.5 Å². The summed E-state index contributed by atoms with van der Waals surface area (Å²) in [5.41, 5.74) is 0.282. The summed E-state index contributed by atoms with van der Waals surface area (Å²) in [7, 11) is 0. The predicted octanol–water partition coefficient (Wildman–Crippen LogP) is 2.39. The zero-order valence-corrected chi connectivity index (χ0v) is 7.41. The van der Waals surface area contributed by atoms with E-state index in [-0.39, 0.29) is 5.56 Å². The van der Waals surface area contributed by atoms with Crippen LogP contribution < -0.4 is 0 Å². The maximum atomic E-state index is 13.3. The Hall–Kier alpha value is -1.09. The van der Waals surface area contributed by atoms with Gasteiger partial charge in [-0.3, -0.25) is 4.79 Å². The smallest absolute Gasteiger partial charge is 0.325 e. The molecule has 1 aromatic carbocycles. The highest BCUT2D eigenvalue weighted by Crippen LogP contribution is 2.24. The molecule has 0 unspecified atom stereocenters. The number of carboxylic acids is 1. The van der Waals surface area contributed by atoms with E-state index < -0.39 is 17.5 Å². The molecule has 0 aliphatic heterocycles. The van der Waals surface area contributed by atoms with Crippen molar-refractivity contribution in [2.24, 2.45) is 0 Å². The molecule has 13 heavy (non-hydrogen) atoms. The van der Waals surface area contributed by atoms with Gasteiger partial charge in [-0.05, 0) is 5.56 Å². The fraction of sp³-hybridized carbons (Fsp3) is 0.222. The van der Waals surface area contributed by atoms with Crippen LogP contribution in [0.5, 0.6) is 0 Å². The van der Waals surface area contributed by atoms with Crippen LogP contribution >= 0.6 is 11.6 Å². The molecule has 0 heterocycles. The number of benzene rings is 1. The van der Waals surface area contributed by atoms with Crippen molar-refractivity contribution in [1.82, 2.24) is 0 Å². The Balaban J connectivity index is 2.79. The second-order valence-electron chi connectivity index (χ2n) is 2.55. The van der Waals surface area contributed by atoms with Gasteiger partial charge in [0.1, 0.15) is 0 Å². The van der Waals surface area contributed by atoms with E-state index in [1.165, 1.54) is 12.1 Å². The van der Waals surface area contributed by atoms with Gasteiger partial charge in [0.05, 0.1) is 0 Å². The van der Waals surface area contributed by atoms with Gasteiger partial charge in [-0.25, -0.2) is 4.39 Å². The molecule has 70 valence electrons. The lowest BCUT2D eigenvalue weighted by Gasteiger charge is -2.10. The molecule has 0 aliphatic carbocycles. The normalized spacial score (nSPS) is 14.9. The van der Waals surface area contributed by atoms with Crippen molar-refractivity contribution < 1.29 is 14.3 Å². The standard InChI is InChI=1S/C9H8ClFO2/c10-7(9(12)13)8(11)6-4-2-1-3-5-6/h1-5,7-8H,(H,12,13)/t7-,8+/m0/s1. The van der Waals surface area contributed by atoms with Gasteiger partial charge >= 0.3 is 5.97 Å². The Morgan fingerprint density at radius 3 is 2.38 bits per heavy atom. The number of carboxylic acid groups (broad SMARTS) is 1. The molecule has 1 N–H and O–H groups in total. The minimum Gasteiger partial charge on any atom is -0.480 e. The van der Waals surface area contributed by atoms with Crippen molar-refractivity contribution in [3.8, 4) is 0 Å². The van der Waals surface area contributed by atoms with Gasteiger partial charge in [0.15, 0.2) is 11.5 Å². The fourth-order valence-corrected chi connectivity index (χ4v) is 1.08. The average Bonchev–Trinajstić information content (AvgIpc) is 2.17. The molecule has 1 aromatic rings. The molecule has 0 radical (unpaired) electrons. The number of rotatable bonds is 3. The molecule has 0 aliphatic rings. The molecule has 0 spiro atoms. The lowest BCUT2D eigenvalue weighted by atomic mass is 10.1. The first kappa shape index (κ1) is 9.99. The Labute approximate surface area is 80.0 Å². The van der Waals surface area contributed by atoms with Gasteiger partial charge in [-0.1, -0.05) is 30.3 Å². The minimum atomic E-state index is -1.67. The minimum absolute atomic E-state index is 0.282. The highest BCUT2D eigenvalue weighted by Gasteiger charge is 2.26. The lowest BCUT2D eigenvalue weighted by molar-refractivity contribution is -0.137. The van der Waals surface area contributed by atoms with Gasteiger partial charge in [0.2, 0.25) is 0 Å². The van der Waals surface area contributed by atoms with Crippen LogP contribution in [0, 0.1) is 0 Å². The first-order valence-electron chi connectivity index (χ1n) is 3.69. The van der Waals surface area contributed by atoms with E-state index in [1.54, 1.807) is 18.2 Å². The number of halogens is 2. The van der Waals surface area contributed by atoms with E-state index >= 15 is 0 Å². The van der Waals surface area contributed by atoms with Gasteiger partial charge in [0, 0.05) is 0 Å². The lowest BCUT2D eigenvalue weighted by Crippen LogP contribution is -2.19. The number of aliphatic carboxylic acids is 1. The Morgan fingerprint density at radius 1 is 1.38 bits per heavy atom. The first-order chi connectivity index (χ1) is 6.13. The molecule has 0 bridgehead atoms. The highest BCUT2D eigenvalue weighted by molar-refractivity contribution is 6.30. The topological polar surface area (TPSA) is 37.3 Å². The maximum absolute atomic E-state index is 13.3. The van der Waals surface area contributed by atoms with Gasteiger partial charge < -0.3 is 5.11 Å². The summed E-state index contributed by atoms with van der Waals surface area (Å²) in [6.07, 6.45) is -1.67. The summed E-state index contributed by atoms with van der Waals surface area (Å²) in [5.74, 6) is -1.35. The zero-order valence-electron chi connectivity index (χ0n) is 6.65. The van der Waals surface area contributed by atoms with E-state index in [1.807, 2.05) is 0 Å². The van der Waals surface area contributed by atoms with Crippen molar-refractivity contribution in [2.45, 2.75) is 11.5 Å². The molecular formula is C9H8ClFO2. The van der Waals surface area contributed by atoms with Crippen molar-refractivity contribution in [2.75, 3.05) is 0 Å². The molecule has 2 atom stereocenters. The Morgan fingerprint density at radius 2 is 1.92 bits per heavy atom. The van der Waals surface area contributed by atoms with Crippen molar-refractivity contribution in [3.63, 3.8) is 0 Å². The highest BCUT2D eigenvalue weighted by atomic mass is 35.5. The van der Waals surface area contributed by atoms with Crippen LogP contribution in [-0.2, 0) is 4.79 Å². The summed E-state index contributed by atoms with van der Waals surface area (Å²) in [5, 5.41) is 6.92. The number of carbonyl (C=O) groups is 1. The molecular weight excluding hydrogens is 195 g/mol. The molecule has 2 nitrogen and oxygen atoms in total. The van der Waals surface area contributed by atoms with Crippen LogP contribution in [0.15, 0.2) is 30.3 Å². The summed E-state index contributed by atoms with van der Waals surface area (Å²) in [6, 6.07) is 7.99. The summed E-state index contributed by atoms with van der Waals surface area (Å²) >= 11 is 5.33. The van der Waals surface area contributed by atoms with Crippen LogP contribution in [0.1, 0.15) is 11.7 Å². The van der Waals surface area contributed by atoms with Crippen LogP contribution in [0.4, 0.5) is 4.39 Å². The van der Waals surface area contributed by atoms with E-state index in [2.05, 4.69) is 0 Å². The van der Waals surface area contributed by atoms with E-state index in [0.717, 1.165) is 0 Å². The summed E-state index contributed by atoms with van der Waals surface area (Å²) in [6.45, 7) is 0. The molecule has 4 heteroatoms. The van der Waals surface area contributed by atoms with Crippen molar-refractivity contribution >= 4 is 17.6 Å². The van der Waals surface area contributed by atoms with Crippen molar-refractivity contribution in [3.05, 3.63) is 35.9 Å². The van der Waals surface area contributed by atoms with Gasteiger partial charge in [-0.15, -0.1) is 11.6 Å². The molecule has 0 amide bonds. The summed E-state index contributed by atoms with van der Waals surface area (Å²) in [4.78, 5) is 10.3. The first-order valence-corrected chi connectivity index (χ1v) is 4.12. The third-order valence-electron chi connectivity index (χ3n) is 1.61. The van der Waals surface area contributed by atoms with Crippen LogP contribution in [0.25, 0.3) is 0 Å². The third-order valence-corrected chi connectivity index (χ3v) is 2.02. The van der Waals surface area contributed by atoms with Gasteiger partial charge in [0.25, 0.3) is 0 Å². The zero-order chi connectivity index (χ0) is 9.84. The van der Waals surface area contributed by atoms with Crippen LogP contribution in [0.2, 0.25) is 0 Å². The Kier molecular flexibility index (Phi) is 3.25. The van der Waals surface area contributed by atoms with E-state index in [4.69, 9.17) is 16.7 Å². The molecule has 0 aromatic heterocycles. The second kappa shape index (κ2) is 4.23. The van der Waals surface area contributed by atoms with Crippen LogP contribution in [0.3, 0.4) is 0 Å². The second-order valence-corrected chi connectivity index (χ2v) is 3.02. The quantitative estimate of drug-likeness (QED) is 0.765.